The molecule has 2 heterocycles. The molecule has 0 radical (unpaired) electrons. The van der Waals surface area contributed by atoms with Gasteiger partial charge < -0.3 is 14.5 Å². The average Bonchev–Trinajstić information content (AvgIpc) is 3.12. The number of aromatic nitrogens is 3. The van der Waals surface area contributed by atoms with Crippen molar-refractivity contribution in [3.8, 4) is 5.75 Å². The summed E-state index contributed by atoms with van der Waals surface area (Å²) in [6, 6.07) is 11.3. The van der Waals surface area contributed by atoms with Crippen LogP contribution < -0.4 is 10.1 Å². The second-order valence-corrected chi connectivity index (χ2v) is 4.82. The van der Waals surface area contributed by atoms with Gasteiger partial charge in [-0.3, -0.25) is 5.10 Å². The third-order valence-corrected chi connectivity index (χ3v) is 3.32. The number of methoxy groups -OCH3 is 1. The molecule has 0 aliphatic heterocycles. The van der Waals surface area contributed by atoms with Gasteiger partial charge in [0.1, 0.15) is 5.75 Å². The Morgan fingerprint density at radius 3 is 2.95 bits per heavy atom. The number of hydrogen-bond donors (Lipinski definition) is 2. The van der Waals surface area contributed by atoms with Crippen molar-refractivity contribution in [3.63, 3.8) is 0 Å². The summed E-state index contributed by atoms with van der Waals surface area (Å²) < 4.78 is 10.5. The fourth-order valence-corrected chi connectivity index (χ4v) is 2.30. The second kappa shape index (κ2) is 5.70. The average molecular weight is 288 g/mol. The highest BCUT2D eigenvalue weighted by molar-refractivity contribution is 7.99. The van der Waals surface area contributed by atoms with Crippen LogP contribution in [0.15, 0.2) is 57.3 Å². The summed E-state index contributed by atoms with van der Waals surface area (Å²) in [5, 5.41) is 11.4. The molecule has 20 heavy (non-hydrogen) atoms. The maximum atomic E-state index is 5.26. The number of benzene rings is 1. The van der Waals surface area contributed by atoms with Crippen molar-refractivity contribution < 1.29 is 9.15 Å². The summed E-state index contributed by atoms with van der Waals surface area (Å²) in [5.41, 5.74) is 0.809. The molecule has 3 aromatic rings. The Bertz CT molecular complexity index is 681. The van der Waals surface area contributed by atoms with Crippen LogP contribution in [0.3, 0.4) is 0 Å². The van der Waals surface area contributed by atoms with E-state index in [0.717, 1.165) is 16.5 Å². The van der Waals surface area contributed by atoms with E-state index in [-0.39, 0.29) is 0 Å². The van der Waals surface area contributed by atoms with Gasteiger partial charge in [0.15, 0.2) is 10.2 Å². The molecule has 0 fully saturated rings. The molecule has 0 aliphatic carbocycles. The highest BCUT2D eigenvalue weighted by Gasteiger charge is 2.08. The van der Waals surface area contributed by atoms with Gasteiger partial charge in [-0.05, 0) is 36.0 Å². The zero-order chi connectivity index (χ0) is 13.8. The van der Waals surface area contributed by atoms with E-state index in [4.69, 9.17) is 9.15 Å². The first-order valence-corrected chi connectivity index (χ1v) is 6.70. The van der Waals surface area contributed by atoms with E-state index in [0.29, 0.717) is 11.1 Å². The van der Waals surface area contributed by atoms with E-state index in [1.54, 1.807) is 13.4 Å². The third-order valence-electron chi connectivity index (χ3n) is 2.51. The Balaban J connectivity index is 1.74. The molecule has 0 bridgehead atoms. The van der Waals surface area contributed by atoms with Crippen molar-refractivity contribution in [2.24, 2.45) is 0 Å². The lowest BCUT2D eigenvalue weighted by molar-refractivity contribution is 0.417. The predicted molar refractivity (Wildman–Crippen MR) is 75.5 cm³/mol. The third kappa shape index (κ3) is 2.77. The van der Waals surface area contributed by atoms with Crippen LogP contribution in [0.5, 0.6) is 5.75 Å². The van der Waals surface area contributed by atoms with Gasteiger partial charge in [-0.25, -0.2) is 0 Å². The first-order valence-electron chi connectivity index (χ1n) is 5.89. The number of anilines is 2. The van der Waals surface area contributed by atoms with Crippen LogP contribution in [-0.2, 0) is 0 Å². The minimum atomic E-state index is 0.476. The molecular weight excluding hydrogens is 276 g/mol. The normalized spacial score (nSPS) is 10.4. The smallest absolute Gasteiger partial charge is 0.247 e. The van der Waals surface area contributed by atoms with Gasteiger partial charge in [0.05, 0.1) is 19.1 Å². The van der Waals surface area contributed by atoms with Crippen LogP contribution >= 0.6 is 11.8 Å². The van der Waals surface area contributed by atoms with Crippen LogP contribution in [-0.4, -0.2) is 22.3 Å². The van der Waals surface area contributed by atoms with Crippen molar-refractivity contribution in [2.45, 2.75) is 10.2 Å². The van der Waals surface area contributed by atoms with Crippen molar-refractivity contribution >= 4 is 23.4 Å². The number of hydrogen-bond acceptors (Lipinski definition) is 6. The topological polar surface area (TPSA) is 76.0 Å². The van der Waals surface area contributed by atoms with E-state index in [9.17, 15) is 0 Å². The first-order chi connectivity index (χ1) is 9.85. The van der Waals surface area contributed by atoms with E-state index in [2.05, 4.69) is 20.5 Å². The molecular formula is C13H12N4O2S. The number of para-hydroxylation sites is 2. The molecule has 3 rings (SSSR count). The van der Waals surface area contributed by atoms with Crippen LogP contribution in [0.2, 0.25) is 0 Å². The SMILES string of the molecule is COc1ccccc1Nc1n[nH]c(Sc2ccco2)n1. The van der Waals surface area contributed by atoms with Crippen LogP contribution in [0.4, 0.5) is 11.6 Å². The number of furan rings is 1. The summed E-state index contributed by atoms with van der Waals surface area (Å²) in [7, 11) is 1.62. The molecule has 0 saturated carbocycles. The molecule has 0 unspecified atom stereocenters. The molecule has 102 valence electrons. The Morgan fingerprint density at radius 2 is 2.15 bits per heavy atom. The van der Waals surface area contributed by atoms with Gasteiger partial charge in [0, 0.05) is 0 Å². The van der Waals surface area contributed by atoms with Crippen molar-refractivity contribution in [1.29, 1.82) is 0 Å². The number of aromatic amines is 1. The largest absolute Gasteiger partial charge is 0.495 e. The van der Waals surface area contributed by atoms with Gasteiger partial charge in [-0.2, -0.15) is 4.98 Å². The maximum Gasteiger partial charge on any atom is 0.247 e. The first kappa shape index (κ1) is 12.6. The number of nitrogens with zero attached hydrogens (tertiary/aromatic N) is 2. The molecule has 6 nitrogen and oxygen atoms in total. The van der Waals surface area contributed by atoms with Gasteiger partial charge in [0.2, 0.25) is 5.95 Å². The quantitative estimate of drug-likeness (QED) is 0.750. The van der Waals surface area contributed by atoms with Gasteiger partial charge >= 0.3 is 0 Å². The molecule has 0 saturated heterocycles. The van der Waals surface area contributed by atoms with Gasteiger partial charge in [-0.1, -0.05) is 12.1 Å². The van der Waals surface area contributed by atoms with Gasteiger partial charge in [0.25, 0.3) is 0 Å². The lowest BCUT2D eigenvalue weighted by Gasteiger charge is -2.07. The molecule has 7 heteroatoms. The summed E-state index contributed by atoms with van der Waals surface area (Å²) in [4.78, 5) is 4.33. The molecule has 0 amide bonds. The van der Waals surface area contributed by atoms with Gasteiger partial charge in [-0.15, -0.1) is 5.10 Å². The Labute approximate surface area is 119 Å². The lowest BCUT2D eigenvalue weighted by atomic mass is 10.3. The summed E-state index contributed by atoms with van der Waals surface area (Å²) in [6.07, 6.45) is 1.62. The zero-order valence-electron chi connectivity index (χ0n) is 10.7. The fraction of sp³-hybridized carbons (Fsp3) is 0.0769. The van der Waals surface area contributed by atoms with Crippen molar-refractivity contribution in [2.75, 3.05) is 12.4 Å². The number of rotatable bonds is 5. The Morgan fingerprint density at radius 1 is 1.25 bits per heavy atom. The molecule has 0 atom stereocenters. The summed E-state index contributed by atoms with van der Waals surface area (Å²) >= 11 is 1.37. The highest BCUT2D eigenvalue weighted by atomic mass is 32.2. The van der Waals surface area contributed by atoms with Crippen LogP contribution in [0.1, 0.15) is 0 Å². The van der Waals surface area contributed by atoms with Crippen molar-refractivity contribution in [1.82, 2.24) is 15.2 Å². The van der Waals surface area contributed by atoms with E-state index in [1.165, 1.54) is 11.8 Å². The zero-order valence-corrected chi connectivity index (χ0v) is 11.5. The van der Waals surface area contributed by atoms with Crippen LogP contribution in [0.25, 0.3) is 0 Å². The number of H-pyrrole nitrogens is 1. The second-order valence-electron chi connectivity index (χ2n) is 3.82. The van der Waals surface area contributed by atoms with Crippen LogP contribution in [0, 0.1) is 0 Å². The minimum absolute atomic E-state index is 0.476. The van der Waals surface area contributed by atoms with E-state index in [1.807, 2.05) is 36.4 Å². The monoisotopic (exact) mass is 288 g/mol. The number of nitrogens with one attached hydrogen (secondary N) is 2. The summed E-state index contributed by atoms with van der Waals surface area (Å²) in [5.74, 6) is 1.21. The molecule has 1 aromatic carbocycles. The predicted octanol–water partition coefficient (Wildman–Crippen LogP) is 3.30. The minimum Gasteiger partial charge on any atom is -0.495 e. The van der Waals surface area contributed by atoms with E-state index < -0.39 is 0 Å². The number of ether oxygens (including phenoxy) is 1. The summed E-state index contributed by atoms with van der Waals surface area (Å²) in [6.45, 7) is 0. The fourth-order valence-electron chi connectivity index (χ4n) is 1.63. The molecule has 0 spiro atoms. The molecule has 0 aliphatic rings. The van der Waals surface area contributed by atoms with Crippen molar-refractivity contribution in [3.05, 3.63) is 42.7 Å². The van der Waals surface area contributed by atoms with E-state index >= 15 is 0 Å². The standard InChI is InChI=1S/C13H12N4O2S/c1-18-10-6-3-2-5-9(10)14-12-15-13(17-16-12)20-11-7-4-8-19-11/h2-8H,1H3,(H2,14,15,16,17). The Kier molecular flexibility index (Phi) is 3.60. The lowest BCUT2D eigenvalue weighted by Crippen LogP contribution is -1.95. The maximum absolute atomic E-state index is 5.26. The Hall–Kier alpha value is -2.41. The molecule has 2 aromatic heterocycles. The highest BCUT2D eigenvalue weighted by Crippen LogP contribution is 2.28. The molecule has 2 N–H and O–H groups in total.